The molecule has 78 valence electrons. The van der Waals surface area contributed by atoms with Crippen molar-refractivity contribution in [3.8, 4) is 0 Å². The van der Waals surface area contributed by atoms with Crippen LogP contribution < -0.4 is 5.32 Å². The SMILES string of the molecule is C=C(C)C(NCC)c1cc(C)nn1C. The molecule has 1 rings (SSSR count). The molecule has 14 heavy (non-hydrogen) atoms. The number of hydrogen-bond acceptors (Lipinski definition) is 2. The van der Waals surface area contributed by atoms with Gasteiger partial charge in [0.2, 0.25) is 0 Å². The molecule has 0 fully saturated rings. The maximum absolute atomic E-state index is 4.33. The van der Waals surface area contributed by atoms with Crippen molar-refractivity contribution < 1.29 is 0 Å². The Bertz CT molecular complexity index is 325. The van der Waals surface area contributed by atoms with E-state index in [4.69, 9.17) is 0 Å². The van der Waals surface area contributed by atoms with E-state index in [1.165, 1.54) is 5.69 Å². The fourth-order valence-electron chi connectivity index (χ4n) is 1.64. The summed E-state index contributed by atoms with van der Waals surface area (Å²) in [5, 5.41) is 7.72. The van der Waals surface area contributed by atoms with Crippen LogP contribution in [0.4, 0.5) is 0 Å². The summed E-state index contributed by atoms with van der Waals surface area (Å²) in [5.41, 5.74) is 3.35. The van der Waals surface area contributed by atoms with E-state index in [9.17, 15) is 0 Å². The maximum atomic E-state index is 4.33. The Morgan fingerprint density at radius 1 is 1.71 bits per heavy atom. The van der Waals surface area contributed by atoms with Crippen molar-refractivity contribution in [2.75, 3.05) is 6.54 Å². The topological polar surface area (TPSA) is 29.9 Å². The summed E-state index contributed by atoms with van der Waals surface area (Å²) in [6, 6.07) is 2.31. The predicted molar refractivity (Wildman–Crippen MR) is 59.2 cm³/mol. The highest BCUT2D eigenvalue weighted by Gasteiger charge is 2.15. The molecule has 1 aromatic rings. The number of nitrogens with zero attached hydrogens (tertiary/aromatic N) is 2. The number of aryl methyl sites for hydroxylation is 2. The van der Waals surface area contributed by atoms with Crippen LogP contribution in [-0.2, 0) is 7.05 Å². The normalized spacial score (nSPS) is 12.9. The highest BCUT2D eigenvalue weighted by Crippen LogP contribution is 2.19. The number of hydrogen-bond donors (Lipinski definition) is 1. The molecule has 1 N–H and O–H groups in total. The van der Waals surface area contributed by atoms with E-state index in [2.05, 4.69) is 30.0 Å². The molecule has 0 aliphatic rings. The maximum Gasteiger partial charge on any atom is 0.0702 e. The van der Waals surface area contributed by atoms with Crippen LogP contribution in [-0.4, -0.2) is 16.3 Å². The van der Waals surface area contributed by atoms with Crippen molar-refractivity contribution in [3.63, 3.8) is 0 Å². The smallest absolute Gasteiger partial charge is 0.0702 e. The van der Waals surface area contributed by atoms with E-state index in [1.54, 1.807) is 0 Å². The van der Waals surface area contributed by atoms with Gasteiger partial charge in [-0.25, -0.2) is 0 Å². The summed E-state index contributed by atoms with van der Waals surface area (Å²) in [7, 11) is 1.97. The third-order valence-corrected chi connectivity index (χ3v) is 2.23. The molecule has 0 saturated carbocycles. The first-order valence-corrected chi connectivity index (χ1v) is 4.95. The van der Waals surface area contributed by atoms with Crippen molar-refractivity contribution in [3.05, 3.63) is 29.6 Å². The van der Waals surface area contributed by atoms with Crippen LogP contribution in [0.3, 0.4) is 0 Å². The van der Waals surface area contributed by atoms with Gasteiger partial charge < -0.3 is 5.32 Å². The van der Waals surface area contributed by atoms with E-state index in [0.717, 1.165) is 17.8 Å². The standard InChI is InChI=1S/C11H19N3/c1-6-12-11(8(2)3)10-7-9(4)13-14(10)5/h7,11-12H,2,6H2,1,3-5H3. The molecule has 0 saturated heterocycles. The summed E-state index contributed by atoms with van der Waals surface area (Å²) in [6.07, 6.45) is 0. The zero-order chi connectivity index (χ0) is 10.7. The minimum Gasteiger partial charge on any atom is -0.306 e. The minimum atomic E-state index is 0.214. The molecule has 0 spiro atoms. The molecule has 1 aromatic heterocycles. The third kappa shape index (κ3) is 2.23. The Kier molecular flexibility index (Phi) is 3.47. The quantitative estimate of drug-likeness (QED) is 0.741. The van der Waals surface area contributed by atoms with Gasteiger partial charge in [0.1, 0.15) is 0 Å². The molecular weight excluding hydrogens is 174 g/mol. The van der Waals surface area contributed by atoms with Crippen LogP contribution >= 0.6 is 0 Å². The number of rotatable bonds is 4. The fraction of sp³-hybridized carbons (Fsp3) is 0.545. The zero-order valence-corrected chi connectivity index (χ0v) is 9.46. The van der Waals surface area contributed by atoms with Crippen molar-refractivity contribution in [2.24, 2.45) is 7.05 Å². The molecule has 3 nitrogen and oxygen atoms in total. The van der Waals surface area contributed by atoms with E-state index >= 15 is 0 Å². The first-order chi connectivity index (χ1) is 6.56. The Hall–Kier alpha value is -1.09. The molecule has 0 aliphatic carbocycles. The summed E-state index contributed by atoms with van der Waals surface area (Å²) in [5.74, 6) is 0. The summed E-state index contributed by atoms with van der Waals surface area (Å²) >= 11 is 0. The predicted octanol–water partition coefficient (Wildman–Crippen LogP) is 1.96. The van der Waals surface area contributed by atoms with Crippen LogP contribution in [0, 0.1) is 6.92 Å². The average Bonchev–Trinajstić information content (AvgIpc) is 2.40. The van der Waals surface area contributed by atoms with Gasteiger partial charge in [0.05, 0.1) is 17.4 Å². The molecule has 1 heterocycles. The molecule has 0 amide bonds. The number of aromatic nitrogens is 2. The lowest BCUT2D eigenvalue weighted by Crippen LogP contribution is -2.23. The largest absolute Gasteiger partial charge is 0.306 e. The van der Waals surface area contributed by atoms with Gasteiger partial charge in [-0.15, -0.1) is 0 Å². The Balaban J connectivity index is 2.98. The van der Waals surface area contributed by atoms with Gasteiger partial charge in [0.15, 0.2) is 0 Å². The molecule has 3 heteroatoms. The summed E-state index contributed by atoms with van der Waals surface area (Å²) in [6.45, 7) is 11.1. The van der Waals surface area contributed by atoms with Gasteiger partial charge in [-0.2, -0.15) is 5.10 Å². The van der Waals surface area contributed by atoms with Gasteiger partial charge in [-0.1, -0.05) is 19.1 Å². The second-order valence-corrected chi connectivity index (χ2v) is 3.67. The summed E-state index contributed by atoms with van der Waals surface area (Å²) in [4.78, 5) is 0. The lowest BCUT2D eigenvalue weighted by molar-refractivity contribution is 0.565. The van der Waals surface area contributed by atoms with Crippen molar-refractivity contribution >= 4 is 0 Å². The minimum absolute atomic E-state index is 0.214. The van der Waals surface area contributed by atoms with E-state index in [-0.39, 0.29) is 6.04 Å². The zero-order valence-electron chi connectivity index (χ0n) is 9.46. The lowest BCUT2D eigenvalue weighted by Gasteiger charge is -2.17. The number of likely N-dealkylation sites (N-methyl/N-ethyl adjacent to an activating group) is 1. The molecule has 0 radical (unpaired) electrons. The third-order valence-electron chi connectivity index (χ3n) is 2.23. The van der Waals surface area contributed by atoms with Gasteiger partial charge in [0.25, 0.3) is 0 Å². The van der Waals surface area contributed by atoms with Crippen molar-refractivity contribution in [2.45, 2.75) is 26.8 Å². The van der Waals surface area contributed by atoms with Gasteiger partial charge in [-0.3, -0.25) is 4.68 Å². The Morgan fingerprint density at radius 2 is 2.36 bits per heavy atom. The van der Waals surface area contributed by atoms with Crippen LogP contribution in [0.15, 0.2) is 18.2 Å². The highest BCUT2D eigenvalue weighted by molar-refractivity contribution is 5.21. The number of nitrogens with one attached hydrogen (secondary N) is 1. The lowest BCUT2D eigenvalue weighted by atomic mass is 10.1. The van der Waals surface area contributed by atoms with Crippen LogP contribution in [0.2, 0.25) is 0 Å². The Morgan fingerprint density at radius 3 is 2.71 bits per heavy atom. The van der Waals surface area contributed by atoms with Crippen LogP contribution in [0.1, 0.15) is 31.3 Å². The highest BCUT2D eigenvalue weighted by atomic mass is 15.3. The second kappa shape index (κ2) is 4.42. The van der Waals surface area contributed by atoms with E-state index in [1.807, 2.05) is 25.6 Å². The molecule has 1 unspecified atom stereocenters. The Labute approximate surface area is 85.8 Å². The van der Waals surface area contributed by atoms with Gasteiger partial charge in [-0.05, 0) is 26.5 Å². The second-order valence-electron chi connectivity index (χ2n) is 3.67. The summed E-state index contributed by atoms with van der Waals surface area (Å²) < 4.78 is 1.91. The first-order valence-electron chi connectivity index (χ1n) is 4.95. The van der Waals surface area contributed by atoms with Gasteiger partial charge in [0, 0.05) is 7.05 Å². The van der Waals surface area contributed by atoms with Crippen molar-refractivity contribution in [1.82, 2.24) is 15.1 Å². The fourth-order valence-corrected chi connectivity index (χ4v) is 1.64. The average molecular weight is 193 g/mol. The van der Waals surface area contributed by atoms with Crippen LogP contribution in [0.25, 0.3) is 0 Å². The molecule has 0 bridgehead atoms. The molecular formula is C11H19N3. The van der Waals surface area contributed by atoms with E-state index < -0.39 is 0 Å². The monoisotopic (exact) mass is 193 g/mol. The van der Waals surface area contributed by atoms with Gasteiger partial charge >= 0.3 is 0 Å². The molecule has 0 aromatic carbocycles. The van der Waals surface area contributed by atoms with Crippen molar-refractivity contribution in [1.29, 1.82) is 0 Å². The molecule has 1 atom stereocenters. The van der Waals surface area contributed by atoms with E-state index in [0.29, 0.717) is 0 Å². The first kappa shape index (κ1) is 11.0. The van der Waals surface area contributed by atoms with Crippen LogP contribution in [0.5, 0.6) is 0 Å². The molecule has 0 aliphatic heterocycles.